The highest BCUT2D eigenvalue weighted by Crippen LogP contribution is 2.51. The summed E-state index contributed by atoms with van der Waals surface area (Å²) in [6.45, 7) is 4.99. The molecule has 2 N–H and O–H groups in total. The van der Waals surface area contributed by atoms with Crippen molar-refractivity contribution in [1.29, 1.82) is 0 Å². The molecular formula is C27H36N2O4. The minimum absolute atomic E-state index is 0.0428. The number of amides is 1. The zero-order chi connectivity index (χ0) is 23.6. The molecule has 0 spiro atoms. The SMILES string of the molecule is COc1ccc(C2C3CCCCC3(O)CCN2CC(=O)Nc2cc(C)cc(C)c2)c(OC)c1. The smallest absolute Gasteiger partial charge is 0.238 e. The second-order valence-corrected chi connectivity index (χ2v) is 9.65. The van der Waals surface area contributed by atoms with E-state index in [-0.39, 0.29) is 24.4 Å². The van der Waals surface area contributed by atoms with Crippen molar-refractivity contribution in [3.63, 3.8) is 0 Å². The second-order valence-electron chi connectivity index (χ2n) is 9.65. The fourth-order valence-electron chi connectivity index (χ4n) is 5.83. The molecule has 1 amide bonds. The molecule has 3 unspecified atom stereocenters. The molecule has 2 aromatic rings. The standard InChI is InChI=1S/C27H36N2O4/c1-18-13-19(2)15-20(14-18)28-25(30)17-29-12-11-27(31)10-6-5-7-23(27)26(29)22-9-8-21(32-3)16-24(22)33-4/h8-9,13-16,23,26,31H,5-7,10-12,17H2,1-4H3,(H,28,30). The third-order valence-corrected chi connectivity index (χ3v) is 7.28. The number of aliphatic hydroxyl groups is 1. The Labute approximate surface area is 196 Å². The van der Waals surface area contributed by atoms with Crippen LogP contribution in [0.3, 0.4) is 0 Å². The maximum atomic E-state index is 13.1. The van der Waals surface area contributed by atoms with Crippen LogP contribution in [0.5, 0.6) is 11.5 Å². The van der Waals surface area contributed by atoms with Gasteiger partial charge in [0.2, 0.25) is 5.91 Å². The molecule has 0 bridgehead atoms. The van der Waals surface area contributed by atoms with E-state index in [0.29, 0.717) is 13.0 Å². The molecule has 4 rings (SSSR count). The highest BCUT2D eigenvalue weighted by atomic mass is 16.5. The van der Waals surface area contributed by atoms with E-state index in [9.17, 15) is 9.90 Å². The Bertz CT molecular complexity index is 987. The first-order valence-corrected chi connectivity index (χ1v) is 11.9. The molecule has 6 nitrogen and oxygen atoms in total. The number of methoxy groups -OCH3 is 2. The van der Waals surface area contributed by atoms with Gasteiger partial charge in [-0.05, 0) is 62.4 Å². The maximum Gasteiger partial charge on any atom is 0.238 e. The van der Waals surface area contributed by atoms with Crippen LogP contribution < -0.4 is 14.8 Å². The number of ether oxygens (including phenoxy) is 2. The number of carbonyl (C=O) groups is 1. The molecule has 6 heteroatoms. The van der Waals surface area contributed by atoms with Gasteiger partial charge in [0.1, 0.15) is 11.5 Å². The third kappa shape index (κ3) is 5.02. The predicted molar refractivity (Wildman–Crippen MR) is 130 cm³/mol. The highest BCUT2D eigenvalue weighted by molar-refractivity contribution is 5.92. The Kier molecular flexibility index (Phi) is 6.96. The Hall–Kier alpha value is -2.57. The zero-order valence-electron chi connectivity index (χ0n) is 20.2. The molecule has 1 aliphatic carbocycles. The topological polar surface area (TPSA) is 71.0 Å². The van der Waals surface area contributed by atoms with E-state index < -0.39 is 5.60 Å². The van der Waals surface area contributed by atoms with Crippen LogP contribution in [0.1, 0.15) is 54.8 Å². The summed E-state index contributed by atoms with van der Waals surface area (Å²) in [4.78, 5) is 15.3. The van der Waals surface area contributed by atoms with E-state index in [1.807, 2.05) is 44.2 Å². The summed E-state index contributed by atoms with van der Waals surface area (Å²) < 4.78 is 11.1. The van der Waals surface area contributed by atoms with Crippen LogP contribution in [0.25, 0.3) is 0 Å². The number of anilines is 1. The number of hydrogen-bond donors (Lipinski definition) is 2. The maximum absolute atomic E-state index is 13.1. The molecule has 1 heterocycles. The van der Waals surface area contributed by atoms with E-state index in [2.05, 4.69) is 16.3 Å². The molecule has 3 atom stereocenters. The van der Waals surface area contributed by atoms with E-state index >= 15 is 0 Å². The van der Waals surface area contributed by atoms with Crippen LogP contribution in [-0.4, -0.2) is 48.8 Å². The van der Waals surface area contributed by atoms with E-state index in [1.165, 1.54) is 0 Å². The van der Waals surface area contributed by atoms with Crippen LogP contribution in [0, 0.1) is 19.8 Å². The Balaban J connectivity index is 1.63. The van der Waals surface area contributed by atoms with Crippen molar-refractivity contribution in [2.45, 2.75) is 57.6 Å². The lowest BCUT2D eigenvalue weighted by Gasteiger charge is -2.52. The minimum Gasteiger partial charge on any atom is -0.497 e. The zero-order valence-corrected chi connectivity index (χ0v) is 20.2. The number of nitrogens with one attached hydrogen (secondary N) is 1. The quantitative estimate of drug-likeness (QED) is 0.669. The van der Waals surface area contributed by atoms with Gasteiger partial charge in [-0.15, -0.1) is 0 Å². The number of benzene rings is 2. The average molecular weight is 453 g/mol. The number of carbonyl (C=O) groups excluding carboxylic acids is 1. The number of hydrogen-bond acceptors (Lipinski definition) is 5. The number of piperidine rings is 1. The van der Waals surface area contributed by atoms with Crippen molar-refractivity contribution in [3.8, 4) is 11.5 Å². The normalized spacial score (nSPS) is 25.2. The van der Waals surface area contributed by atoms with Gasteiger partial charge in [0.15, 0.2) is 0 Å². The Morgan fingerprint density at radius 1 is 1.09 bits per heavy atom. The van der Waals surface area contributed by atoms with Crippen molar-refractivity contribution < 1.29 is 19.4 Å². The van der Waals surface area contributed by atoms with Gasteiger partial charge in [-0.2, -0.15) is 0 Å². The first kappa shape index (κ1) is 23.6. The van der Waals surface area contributed by atoms with Gasteiger partial charge in [-0.3, -0.25) is 9.69 Å². The van der Waals surface area contributed by atoms with Crippen molar-refractivity contribution in [2.75, 3.05) is 32.6 Å². The van der Waals surface area contributed by atoms with Crippen molar-refractivity contribution in [3.05, 3.63) is 53.1 Å². The lowest BCUT2D eigenvalue weighted by Crippen LogP contribution is -2.56. The van der Waals surface area contributed by atoms with Crippen LogP contribution in [-0.2, 0) is 4.79 Å². The van der Waals surface area contributed by atoms with Gasteiger partial charge in [-0.1, -0.05) is 25.0 Å². The van der Waals surface area contributed by atoms with Crippen molar-refractivity contribution >= 4 is 11.6 Å². The number of rotatable bonds is 6. The molecule has 1 aliphatic heterocycles. The molecule has 1 saturated heterocycles. The fraction of sp³-hybridized carbons (Fsp3) is 0.519. The summed E-state index contributed by atoms with van der Waals surface area (Å²) in [7, 11) is 3.30. The van der Waals surface area contributed by atoms with E-state index in [0.717, 1.165) is 59.6 Å². The van der Waals surface area contributed by atoms with Crippen LogP contribution in [0.4, 0.5) is 5.69 Å². The number of nitrogens with zero attached hydrogens (tertiary/aromatic N) is 1. The highest BCUT2D eigenvalue weighted by Gasteiger charge is 2.49. The molecule has 178 valence electrons. The summed E-state index contributed by atoms with van der Waals surface area (Å²) in [6.07, 6.45) is 4.57. The molecular weight excluding hydrogens is 416 g/mol. The number of fused-ring (bicyclic) bond motifs is 1. The molecule has 2 aromatic carbocycles. The molecule has 2 fully saturated rings. The van der Waals surface area contributed by atoms with Gasteiger partial charge >= 0.3 is 0 Å². The molecule has 1 saturated carbocycles. The summed E-state index contributed by atoms with van der Waals surface area (Å²) in [5.74, 6) is 1.47. The van der Waals surface area contributed by atoms with Crippen molar-refractivity contribution in [2.24, 2.45) is 5.92 Å². The van der Waals surface area contributed by atoms with Gasteiger partial charge in [0.25, 0.3) is 0 Å². The summed E-state index contributed by atoms with van der Waals surface area (Å²) in [6, 6.07) is 11.8. The first-order chi connectivity index (χ1) is 15.8. The predicted octanol–water partition coefficient (Wildman–Crippen LogP) is 4.63. The van der Waals surface area contributed by atoms with Gasteiger partial charge in [-0.25, -0.2) is 0 Å². The molecule has 0 aromatic heterocycles. The van der Waals surface area contributed by atoms with Crippen molar-refractivity contribution in [1.82, 2.24) is 4.90 Å². The fourth-order valence-corrected chi connectivity index (χ4v) is 5.83. The van der Waals surface area contributed by atoms with Crippen LogP contribution >= 0.6 is 0 Å². The first-order valence-electron chi connectivity index (χ1n) is 11.9. The summed E-state index contributed by atoms with van der Waals surface area (Å²) in [5.41, 5.74) is 3.37. The Morgan fingerprint density at radius 3 is 2.55 bits per heavy atom. The monoisotopic (exact) mass is 452 g/mol. The van der Waals surface area contributed by atoms with Gasteiger partial charge in [0, 0.05) is 35.8 Å². The largest absolute Gasteiger partial charge is 0.497 e. The summed E-state index contributed by atoms with van der Waals surface area (Å²) in [5, 5.41) is 14.6. The second kappa shape index (κ2) is 9.74. The summed E-state index contributed by atoms with van der Waals surface area (Å²) >= 11 is 0. The number of likely N-dealkylation sites (tertiary alicyclic amines) is 1. The van der Waals surface area contributed by atoms with Gasteiger partial charge < -0.3 is 19.9 Å². The van der Waals surface area contributed by atoms with E-state index in [4.69, 9.17) is 9.47 Å². The molecule has 0 radical (unpaired) electrons. The van der Waals surface area contributed by atoms with E-state index in [1.54, 1.807) is 14.2 Å². The average Bonchev–Trinajstić information content (AvgIpc) is 2.78. The molecule has 2 aliphatic rings. The Morgan fingerprint density at radius 2 is 1.85 bits per heavy atom. The van der Waals surface area contributed by atoms with Crippen LogP contribution in [0.2, 0.25) is 0 Å². The molecule has 33 heavy (non-hydrogen) atoms. The third-order valence-electron chi connectivity index (χ3n) is 7.28. The van der Waals surface area contributed by atoms with Crippen LogP contribution in [0.15, 0.2) is 36.4 Å². The van der Waals surface area contributed by atoms with Gasteiger partial charge in [0.05, 0.1) is 26.4 Å². The minimum atomic E-state index is -0.700. The number of aryl methyl sites for hydroxylation is 2. The lowest BCUT2D eigenvalue weighted by atomic mass is 9.66. The lowest BCUT2D eigenvalue weighted by molar-refractivity contribution is -0.135.